The predicted octanol–water partition coefficient (Wildman–Crippen LogP) is 3.74. The average Bonchev–Trinajstić information content (AvgIpc) is 3.34. The SMILES string of the molecule is COc1cc(C=c2sc3nc4ccccc4n3c2=O)ccc1OCc1ccc(C(=O)O)cc1. The van der Waals surface area contributed by atoms with Crippen LogP contribution in [0.3, 0.4) is 0 Å². The molecule has 0 aliphatic heterocycles. The summed E-state index contributed by atoms with van der Waals surface area (Å²) in [6, 6.07) is 19.5. The number of thiazole rings is 1. The maximum atomic E-state index is 13.0. The molecular weight excluding hydrogens is 440 g/mol. The third kappa shape index (κ3) is 3.92. The quantitative estimate of drug-likeness (QED) is 0.417. The lowest BCUT2D eigenvalue weighted by Crippen LogP contribution is -2.22. The summed E-state index contributed by atoms with van der Waals surface area (Å²) in [6.07, 6.45) is 1.81. The van der Waals surface area contributed by atoms with E-state index in [1.165, 1.54) is 23.5 Å². The van der Waals surface area contributed by atoms with Crippen LogP contribution in [0.1, 0.15) is 21.5 Å². The molecule has 2 aromatic heterocycles. The minimum absolute atomic E-state index is 0.104. The van der Waals surface area contributed by atoms with Crippen LogP contribution in [0.15, 0.2) is 71.5 Å². The molecule has 7 nitrogen and oxygen atoms in total. The van der Waals surface area contributed by atoms with Crippen molar-refractivity contribution < 1.29 is 19.4 Å². The minimum atomic E-state index is -0.968. The number of benzene rings is 3. The van der Waals surface area contributed by atoms with E-state index in [1.807, 2.05) is 42.5 Å². The third-order valence-corrected chi connectivity index (χ3v) is 6.19. The molecule has 0 saturated carbocycles. The molecule has 0 fully saturated rings. The molecule has 5 rings (SSSR count). The van der Waals surface area contributed by atoms with E-state index in [0.29, 0.717) is 21.0 Å². The lowest BCUT2D eigenvalue weighted by molar-refractivity contribution is 0.0697. The number of aromatic carboxylic acids is 1. The molecule has 5 aromatic rings. The molecule has 1 N–H and O–H groups in total. The second kappa shape index (κ2) is 8.40. The highest BCUT2D eigenvalue weighted by Crippen LogP contribution is 2.29. The number of rotatable bonds is 6. The van der Waals surface area contributed by atoms with Crippen LogP contribution < -0.4 is 19.6 Å². The zero-order chi connectivity index (χ0) is 22.9. The van der Waals surface area contributed by atoms with Gasteiger partial charge in [-0.1, -0.05) is 41.7 Å². The Hall–Kier alpha value is -4.17. The van der Waals surface area contributed by atoms with Crippen LogP contribution in [0.25, 0.3) is 22.1 Å². The van der Waals surface area contributed by atoms with Crippen LogP contribution in [-0.2, 0) is 6.61 Å². The van der Waals surface area contributed by atoms with Crippen molar-refractivity contribution in [2.75, 3.05) is 7.11 Å². The number of hydrogen-bond donors (Lipinski definition) is 1. The number of aromatic nitrogens is 2. The van der Waals surface area contributed by atoms with Crippen molar-refractivity contribution in [3.63, 3.8) is 0 Å². The number of hydrogen-bond acceptors (Lipinski definition) is 6. The van der Waals surface area contributed by atoms with Crippen LogP contribution >= 0.6 is 11.3 Å². The highest BCUT2D eigenvalue weighted by molar-refractivity contribution is 7.15. The first-order chi connectivity index (χ1) is 16.0. The van der Waals surface area contributed by atoms with Crippen molar-refractivity contribution in [1.82, 2.24) is 9.38 Å². The number of carboxylic acids is 1. The molecule has 0 atom stereocenters. The predicted molar refractivity (Wildman–Crippen MR) is 126 cm³/mol. The van der Waals surface area contributed by atoms with E-state index in [2.05, 4.69) is 4.98 Å². The third-order valence-electron chi connectivity index (χ3n) is 5.23. The van der Waals surface area contributed by atoms with Gasteiger partial charge in [0.1, 0.15) is 6.61 Å². The zero-order valence-electron chi connectivity index (χ0n) is 17.5. The maximum Gasteiger partial charge on any atom is 0.335 e. The fraction of sp³-hybridized carbons (Fsp3) is 0.0800. The topological polar surface area (TPSA) is 90.1 Å². The Morgan fingerprint density at radius 1 is 1.09 bits per heavy atom. The molecule has 0 radical (unpaired) electrons. The van der Waals surface area contributed by atoms with Gasteiger partial charge in [-0.3, -0.25) is 4.79 Å². The lowest BCUT2D eigenvalue weighted by atomic mass is 10.1. The summed E-state index contributed by atoms with van der Waals surface area (Å²) in [5, 5.41) is 9.00. The number of carbonyl (C=O) groups is 1. The Kier molecular flexibility index (Phi) is 5.27. The second-order valence-corrected chi connectivity index (χ2v) is 8.34. The summed E-state index contributed by atoms with van der Waals surface area (Å²) in [5.74, 6) is 0.112. The number of imidazole rings is 1. The second-order valence-electron chi connectivity index (χ2n) is 7.34. The van der Waals surface area contributed by atoms with E-state index in [-0.39, 0.29) is 17.7 Å². The Bertz CT molecular complexity index is 1600. The molecule has 8 heteroatoms. The van der Waals surface area contributed by atoms with E-state index < -0.39 is 5.97 Å². The molecule has 0 amide bonds. The number of ether oxygens (including phenoxy) is 2. The van der Waals surface area contributed by atoms with Gasteiger partial charge in [-0.05, 0) is 53.6 Å². The standard InChI is InChI=1S/C25H18N2O5S/c1-31-21-12-16(8-11-20(21)32-14-15-6-9-17(10-7-15)24(29)30)13-22-23(28)27-19-5-3-2-4-18(19)26-25(27)33-22/h2-13H,14H2,1H3,(H,29,30). The summed E-state index contributed by atoms with van der Waals surface area (Å²) in [5.41, 5.74) is 3.36. The summed E-state index contributed by atoms with van der Waals surface area (Å²) >= 11 is 1.34. The number of methoxy groups -OCH3 is 1. The van der Waals surface area contributed by atoms with Gasteiger partial charge in [0, 0.05) is 0 Å². The molecule has 3 aromatic carbocycles. The van der Waals surface area contributed by atoms with Crippen LogP contribution in [0.4, 0.5) is 0 Å². The molecular formula is C25H18N2O5S. The van der Waals surface area contributed by atoms with Crippen LogP contribution in [0.2, 0.25) is 0 Å². The van der Waals surface area contributed by atoms with Gasteiger partial charge in [-0.15, -0.1) is 0 Å². The highest BCUT2D eigenvalue weighted by atomic mass is 32.1. The molecule has 164 valence electrons. The van der Waals surface area contributed by atoms with Crippen LogP contribution in [-0.4, -0.2) is 27.6 Å². The fourth-order valence-electron chi connectivity index (χ4n) is 3.56. The molecule has 0 aliphatic carbocycles. The van der Waals surface area contributed by atoms with Crippen molar-refractivity contribution in [2.45, 2.75) is 6.61 Å². The number of para-hydroxylation sites is 2. The molecule has 33 heavy (non-hydrogen) atoms. The smallest absolute Gasteiger partial charge is 0.335 e. The summed E-state index contributed by atoms with van der Waals surface area (Å²) in [4.78, 5) is 29.1. The first-order valence-corrected chi connectivity index (χ1v) is 10.9. The maximum absolute atomic E-state index is 13.0. The summed E-state index contributed by atoms with van der Waals surface area (Å²) in [7, 11) is 1.55. The Morgan fingerprint density at radius 3 is 2.64 bits per heavy atom. The highest BCUT2D eigenvalue weighted by Gasteiger charge is 2.11. The Balaban J connectivity index is 1.42. The van der Waals surface area contributed by atoms with E-state index in [1.54, 1.807) is 29.7 Å². The van der Waals surface area contributed by atoms with Gasteiger partial charge in [0.2, 0.25) is 0 Å². The number of carboxylic acid groups (broad SMARTS) is 1. The summed E-state index contributed by atoms with van der Waals surface area (Å²) in [6.45, 7) is 0.263. The fourth-order valence-corrected chi connectivity index (χ4v) is 4.55. The van der Waals surface area contributed by atoms with Gasteiger partial charge in [-0.2, -0.15) is 0 Å². The molecule has 0 bridgehead atoms. The van der Waals surface area contributed by atoms with Crippen LogP contribution in [0.5, 0.6) is 11.5 Å². The molecule has 2 heterocycles. The van der Waals surface area contributed by atoms with Crippen molar-refractivity contribution >= 4 is 39.4 Å². The van der Waals surface area contributed by atoms with Gasteiger partial charge in [0.15, 0.2) is 16.5 Å². The Morgan fingerprint density at radius 2 is 1.88 bits per heavy atom. The van der Waals surface area contributed by atoms with Gasteiger partial charge >= 0.3 is 5.97 Å². The lowest BCUT2D eigenvalue weighted by Gasteiger charge is -2.11. The number of nitrogens with zero attached hydrogens (tertiary/aromatic N) is 2. The van der Waals surface area contributed by atoms with Gasteiger partial charge in [0.25, 0.3) is 5.56 Å². The van der Waals surface area contributed by atoms with E-state index in [4.69, 9.17) is 14.6 Å². The van der Waals surface area contributed by atoms with Gasteiger partial charge in [-0.25, -0.2) is 14.2 Å². The average molecular weight is 458 g/mol. The normalized spacial score (nSPS) is 11.8. The number of fused-ring (bicyclic) bond motifs is 3. The monoisotopic (exact) mass is 458 g/mol. The first-order valence-electron chi connectivity index (χ1n) is 10.1. The Labute approximate surface area is 191 Å². The van der Waals surface area contributed by atoms with E-state index in [0.717, 1.165) is 22.2 Å². The largest absolute Gasteiger partial charge is 0.493 e. The van der Waals surface area contributed by atoms with Crippen molar-refractivity contribution in [3.05, 3.63) is 98.3 Å². The van der Waals surface area contributed by atoms with Crippen LogP contribution in [0, 0.1) is 0 Å². The van der Waals surface area contributed by atoms with Crippen molar-refractivity contribution in [3.8, 4) is 11.5 Å². The molecule has 0 saturated heterocycles. The van der Waals surface area contributed by atoms with Crippen molar-refractivity contribution in [1.29, 1.82) is 0 Å². The summed E-state index contributed by atoms with van der Waals surface area (Å²) < 4.78 is 13.6. The molecule has 0 spiro atoms. The minimum Gasteiger partial charge on any atom is -0.493 e. The molecule has 0 aliphatic rings. The molecule has 0 unspecified atom stereocenters. The van der Waals surface area contributed by atoms with Gasteiger partial charge in [0.05, 0.1) is 28.2 Å². The van der Waals surface area contributed by atoms with E-state index >= 15 is 0 Å². The first kappa shape index (κ1) is 20.7. The van der Waals surface area contributed by atoms with Crippen molar-refractivity contribution in [2.24, 2.45) is 0 Å². The zero-order valence-corrected chi connectivity index (χ0v) is 18.3. The van der Waals surface area contributed by atoms with Gasteiger partial charge < -0.3 is 14.6 Å². The van der Waals surface area contributed by atoms with E-state index in [9.17, 15) is 9.59 Å².